The summed E-state index contributed by atoms with van der Waals surface area (Å²) in [5.41, 5.74) is 4.44. The van der Waals surface area contributed by atoms with Gasteiger partial charge in [0.15, 0.2) is 0 Å². The lowest BCUT2D eigenvalue weighted by molar-refractivity contribution is -0.127. The molecule has 0 bridgehead atoms. The fourth-order valence-corrected chi connectivity index (χ4v) is 10.2. The van der Waals surface area contributed by atoms with Gasteiger partial charge in [-0.2, -0.15) is 0 Å². The van der Waals surface area contributed by atoms with Gasteiger partial charge in [0.1, 0.15) is 5.82 Å². The van der Waals surface area contributed by atoms with Gasteiger partial charge in [0, 0.05) is 76.5 Å². The van der Waals surface area contributed by atoms with E-state index in [9.17, 15) is 23.6 Å². The first-order valence-corrected chi connectivity index (χ1v) is 25.0. The van der Waals surface area contributed by atoms with Gasteiger partial charge in [0.25, 0.3) is 0 Å². The number of halogens is 4. The van der Waals surface area contributed by atoms with Gasteiger partial charge in [-0.05, 0) is 170 Å². The lowest BCUT2D eigenvalue weighted by Crippen LogP contribution is -2.52. The summed E-state index contributed by atoms with van der Waals surface area (Å²) < 4.78 is 14.2. The summed E-state index contributed by atoms with van der Waals surface area (Å²) in [5, 5.41) is 13.5. The molecule has 0 radical (unpaired) electrons. The van der Waals surface area contributed by atoms with E-state index < -0.39 is 0 Å². The molecule has 0 aliphatic heterocycles. The van der Waals surface area contributed by atoms with E-state index in [1.807, 2.05) is 66.7 Å². The van der Waals surface area contributed by atoms with Gasteiger partial charge in [0.05, 0.1) is 0 Å². The summed E-state index contributed by atoms with van der Waals surface area (Å²) in [5.74, 6) is -0.692. The van der Waals surface area contributed by atoms with Gasteiger partial charge < -0.3 is 31.1 Å². The number of carbonyl (C=O) groups is 4. The molecule has 4 aromatic rings. The molecule has 0 spiro atoms. The van der Waals surface area contributed by atoms with Crippen LogP contribution in [0.2, 0.25) is 10.0 Å². The van der Waals surface area contributed by atoms with Crippen LogP contribution in [0.3, 0.4) is 0 Å². The number of carbonyl (C=O) groups excluding carboxylic acids is 4. The first-order valence-electron chi connectivity index (χ1n) is 23.5. The van der Waals surface area contributed by atoms with E-state index >= 15 is 0 Å². The van der Waals surface area contributed by atoms with E-state index in [-0.39, 0.29) is 78.3 Å². The second-order valence-electron chi connectivity index (χ2n) is 18.7. The van der Waals surface area contributed by atoms with Crippen molar-refractivity contribution in [2.45, 2.75) is 126 Å². The largest absolute Gasteiger partial charge is 0.356 e. The molecule has 0 atom stereocenters. The monoisotopic (exact) mass is 1020 g/mol. The highest BCUT2D eigenvalue weighted by molar-refractivity contribution is 9.10. The van der Waals surface area contributed by atoms with Crippen molar-refractivity contribution < 1.29 is 23.6 Å². The molecule has 2 aliphatic rings. The third-order valence-electron chi connectivity index (χ3n) is 13.5. The number of amides is 4. The zero-order chi connectivity index (χ0) is 48.4. The zero-order valence-electron chi connectivity index (χ0n) is 39.5. The van der Waals surface area contributed by atoms with Crippen molar-refractivity contribution in [1.29, 1.82) is 0 Å². The summed E-state index contributed by atoms with van der Waals surface area (Å²) in [6, 6.07) is 30.6. The molecule has 0 aromatic heterocycles. The highest BCUT2D eigenvalue weighted by Gasteiger charge is 2.39. The lowest BCUT2D eigenvalue weighted by atomic mass is 9.75. The molecule has 4 amide bonds. The number of nitrogens with one attached hydrogen (secondary N) is 4. The Morgan fingerprint density at radius 3 is 1.48 bits per heavy atom. The van der Waals surface area contributed by atoms with Crippen LogP contribution in [-0.2, 0) is 45.0 Å². The van der Waals surface area contributed by atoms with E-state index in [0.29, 0.717) is 19.5 Å². The molecule has 4 aromatic carbocycles. The molecule has 2 saturated carbocycles. The van der Waals surface area contributed by atoms with Crippen molar-refractivity contribution in [3.63, 3.8) is 0 Å². The van der Waals surface area contributed by atoms with Crippen molar-refractivity contribution >= 4 is 62.8 Å². The molecule has 2 aliphatic carbocycles. The van der Waals surface area contributed by atoms with Crippen molar-refractivity contribution in [2.75, 3.05) is 34.7 Å². The minimum atomic E-state index is -0.282. The van der Waals surface area contributed by atoms with Crippen LogP contribution < -0.4 is 21.3 Å². The second kappa shape index (κ2) is 26.4. The third kappa shape index (κ3) is 17.9. The van der Waals surface area contributed by atoms with Crippen LogP contribution in [0.4, 0.5) is 4.39 Å². The molecule has 0 heterocycles. The van der Waals surface area contributed by atoms with E-state index in [1.165, 1.54) is 23.3 Å². The molecule has 10 nitrogen and oxygen atoms in total. The van der Waals surface area contributed by atoms with Crippen molar-refractivity contribution in [3.05, 3.63) is 140 Å². The van der Waals surface area contributed by atoms with Gasteiger partial charge >= 0.3 is 0 Å². The summed E-state index contributed by atoms with van der Waals surface area (Å²) in [7, 11) is 8.51. The van der Waals surface area contributed by atoms with Crippen LogP contribution >= 0.6 is 39.1 Å². The van der Waals surface area contributed by atoms with Crippen LogP contribution in [-0.4, -0.2) is 91.3 Å². The SMILES string of the molecule is CN(C)C1(Cc2cccc(Cl)c2)CCC(NC(=O)CCC(=O)NCCc2cccc(F)c2)CC1.CN(C)C1(Cc2cccc(Cl)c2)CCC(NC(=O)CCC(=O)NCc2cccc(Br)c2)CC1. The predicted molar refractivity (Wildman–Crippen MR) is 272 cm³/mol. The van der Waals surface area contributed by atoms with Crippen LogP contribution in [0.5, 0.6) is 0 Å². The molecular weight excluding hydrogens is 954 g/mol. The van der Waals surface area contributed by atoms with Crippen molar-refractivity contribution in [2.24, 2.45) is 0 Å². The van der Waals surface area contributed by atoms with E-state index in [2.05, 4.69) is 87.3 Å². The van der Waals surface area contributed by atoms with Crippen LogP contribution in [0.1, 0.15) is 99.3 Å². The first kappa shape index (κ1) is 53.6. The molecule has 0 saturated heterocycles. The maximum atomic E-state index is 13.2. The van der Waals surface area contributed by atoms with Crippen LogP contribution in [0.25, 0.3) is 0 Å². The van der Waals surface area contributed by atoms with Crippen LogP contribution in [0, 0.1) is 5.82 Å². The predicted octanol–water partition coefficient (Wildman–Crippen LogP) is 9.62. The smallest absolute Gasteiger partial charge is 0.220 e. The Morgan fingerprint density at radius 2 is 1.01 bits per heavy atom. The van der Waals surface area contributed by atoms with Gasteiger partial charge in [0.2, 0.25) is 23.6 Å². The zero-order valence-corrected chi connectivity index (χ0v) is 42.6. The quantitative estimate of drug-likeness (QED) is 0.0743. The van der Waals surface area contributed by atoms with E-state index in [0.717, 1.165) is 89.9 Å². The summed E-state index contributed by atoms with van der Waals surface area (Å²) in [6.45, 7) is 0.882. The Hall–Kier alpha value is -4.33. The second-order valence-corrected chi connectivity index (χ2v) is 20.5. The molecule has 362 valence electrons. The Labute approximate surface area is 415 Å². The number of benzene rings is 4. The fourth-order valence-electron chi connectivity index (χ4n) is 9.33. The highest BCUT2D eigenvalue weighted by atomic mass is 79.9. The Bertz CT molecular complexity index is 2250. The normalized spacial score (nSPS) is 20.3. The molecule has 67 heavy (non-hydrogen) atoms. The molecule has 0 unspecified atom stereocenters. The third-order valence-corrected chi connectivity index (χ3v) is 14.4. The molecule has 14 heteroatoms. The van der Waals surface area contributed by atoms with Gasteiger partial charge in [-0.1, -0.05) is 87.7 Å². The number of hydrogen-bond acceptors (Lipinski definition) is 6. The number of nitrogens with zero attached hydrogens (tertiary/aromatic N) is 2. The van der Waals surface area contributed by atoms with Crippen molar-refractivity contribution in [3.8, 4) is 0 Å². The molecule has 2 fully saturated rings. The molecule has 6 rings (SSSR count). The fraction of sp³-hybridized carbons (Fsp3) is 0.472. The maximum absolute atomic E-state index is 13.2. The van der Waals surface area contributed by atoms with Crippen molar-refractivity contribution in [1.82, 2.24) is 31.1 Å². The standard InChI is InChI=1S/C27H35ClFN3O2.C26H33BrClN3O2/c1-32(2)27(19-21-6-3-7-22(28)17-21)14-11-24(12-15-27)31-26(34)10-9-25(33)30-16-13-20-5-4-8-23(29)18-20;1-31(2)26(17-19-5-4-8-22(28)16-19)13-11-23(12-14-26)30-25(33)10-9-24(32)29-18-20-6-3-7-21(27)15-20/h3-8,17-18,24H,9-16,19H2,1-2H3,(H,30,33)(H,31,34);3-8,15-16,23H,9-14,17-18H2,1-2H3,(H,29,32)(H,30,33). The molecular formula is C53H68BrCl2FN6O4. The summed E-state index contributed by atoms with van der Waals surface area (Å²) >= 11 is 15.8. The summed E-state index contributed by atoms with van der Waals surface area (Å²) in [4.78, 5) is 53.7. The molecule has 4 N–H and O–H groups in total. The summed E-state index contributed by atoms with van der Waals surface area (Å²) in [6.07, 6.45) is 10.8. The average molecular weight is 1020 g/mol. The number of hydrogen-bond donors (Lipinski definition) is 4. The van der Waals surface area contributed by atoms with Gasteiger partial charge in [-0.3, -0.25) is 19.2 Å². The van der Waals surface area contributed by atoms with E-state index in [1.54, 1.807) is 6.07 Å². The minimum Gasteiger partial charge on any atom is -0.356 e. The first-order chi connectivity index (χ1) is 32.0. The highest BCUT2D eigenvalue weighted by Crippen LogP contribution is 2.37. The number of rotatable bonds is 19. The average Bonchev–Trinajstić information content (AvgIpc) is 3.28. The van der Waals surface area contributed by atoms with E-state index in [4.69, 9.17) is 23.2 Å². The Balaban J connectivity index is 0.000000251. The number of likely N-dealkylation sites (N-methyl/N-ethyl adjacent to an activating group) is 2. The lowest BCUT2D eigenvalue weighted by Gasteiger charge is -2.45. The minimum absolute atomic E-state index is 0.0491. The maximum Gasteiger partial charge on any atom is 0.220 e. The topological polar surface area (TPSA) is 123 Å². The Morgan fingerprint density at radius 1 is 0.582 bits per heavy atom. The van der Waals surface area contributed by atoms with Gasteiger partial charge in [-0.25, -0.2) is 4.39 Å². The van der Waals surface area contributed by atoms with Gasteiger partial charge in [-0.15, -0.1) is 0 Å². The van der Waals surface area contributed by atoms with Crippen LogP contribution in [0.15, 0.2) is 102 Å². The Kier molecular flexibility index (Phi) is 21.2.